The molecule has 10 heteroatoms. The molecule has 4 N–H and O–H groups in total. The van der Waals surface area contributed by atoms with Crippen molar-refractivity contribution >= 4 is 34.6 Å². The van der Waals surface area contributed by atoms with Crippen LogP contribution in [0.4, 0.5) is 39.0 Å². The number of anilines is 5. The number of para-hydroxylation sites is 1. The third-order valence-corrected chi connectivity index (χ3v) is 3.57. The second-order valence-electron chi connectivity index (χ2n) is 5.35. The van der Waals surface area contributed by atoms with Gasteiger partial charge in [-0.2, -0.15) is 9.97 Å². The number of nitro groups is 1. The van der Waals surface area contributed by atoms with E-state index in [0.29, 0.717) is 11.4 Å². The van der Waals surface area contributed by atoms with Crippen LogP contribution in [0.15, 0.2) is 48.5 Å². The van der Waals surface area contributed by atoms with E-state index in [4.69, 9.17) is 10.5 Å². The van der Waals surface area contributed by atoms with E-state index in [-0.39, 0.29) is 23.3 Å². The Kier molecular flexibility index (Phi) is 4.97. The number of rotatable bonds is 6. The molecule has 0 saturated carbocycles. The number of aromatic nitrogens is 2. The molecule has 0 aliphatic rings. The predicted octanol–water partition coefficient (Wildman–Crippen LogP) is 3.60. The Hall–Kier alpha value is -3.95. The van der Waals surface area contributed by atoms with Crippen LogP contribution in [0.2, 0.25) is 0 Å². The third-order valence-electron chi connectivity index (χ3n) is 3.57. The van der Waals surface area contributed by atoms with Crippen LogP contribution in [0.5, 0.6) is 5.75 Å². The summed E-state index contributed by atoms with van der Waals surface area (Å²) in [6.45, 7) is 0. The van der Waals surface area contributed by atoms with E-state index < -0.39 is 16.4 Å². The molecule has 0 amide bonds. The lowest BCUT2D eigenvalue weighted by molar-refractivity contribution is -0.383. The average Bonchev–Trinajstić information content (AvgIpc) is 2.63. The molecule has 0 saturated heterocycles. The highest BCUT2D eigenvalue weighted by Gasteiger charge is 2.23. The van der Waals surface area contributed by atoms with Gasteiger partial charge in [0, 0.05) is 5.69 Å². The van der Waals surface area contributed by atoms with E-state index in [2.05, 4.69) is 20.6 Å². The number of methoxy groups -OCH3 is 1. The lowest BCUT2D eigenvalue weighted by Gasteiger charge is -2.11. The van der Waals surface area contributed by atoms with E-state index in [1.54, 1.807) is 30.3 Å². The molecule has 0 unspecified atom stereocenters. The van der Waals surface area contributed by atoms with Crippen LogP contribution >= 0.6 is 0 Å². The summed E-state index contributed by atoms with van der Waals surface area (Å²) in [7, 11) is 1.53. The molecular weight excluding hydrogens is 355 g/mol. The van der Waals surface area contributed by atoms with Crippen LogP contribution in [-0.2, 0) is 0 Å². The lowest BCUT2D eigenvalue weighted by atomic mass is 10.3. The fourth-order valence-electron chi connectivity index (χ4n) is 2.29. The predicted molar refractivity (Wildman–Crippen MR) is 99.1 cm³/mol. The Bertz CT molecular complexity index is 981. The van der Waals surface area contributed by atoms with Crippen LogP contribution < -0.4 is 21.1 Å². The van der Waals surface area contributed by atoms with E-state index in [0.717, 1.165) is 0 Å². The van der Waals surface area contributed by atoms with Gasteiger partial charge in [-0.25, -0.2) is 4.39 Å². The van der Waals surface area contributed by atoms with Crippen LogP contribution in [-0.4, -0.2) is 22.0 Å². The van der Waals surface area contributed by atoms with E-state index >= 15 is 0 Å². The van der Waals surface area contributed by atoms with Crippen LogP contribution in [0.1, 0.15) is 0 Å². The second-order valence-corrected chi connectivity index (χ2v) is 5.35. The summed E-state index contributed by atoms with van der Waals surface area (Å²) in [5.41, 5.74) is 5.88. The zero-order valence-corrected chi connectivity index (χ0v) is 14.1. The number of nitrogen functional groups attached to an aromatic ring is 1. The number of nitrogens with two attached hydrogens (primary N) is 1. The SMILES string of the molecule is COc1ccc(Nc2nc(Nc3ccccc3F)nc(N)c2[N+](=O)[O-])cc1. The van der Waals surface area contributed by atoms with Crippen molar-refractivity contribution in [3.63, 3.8) is 0 Å². The molecule has 1 heterocycles. The zero-order chi connectivity index (χ0) is 19.4. The van der Waals surface area contributed by atoms with Gasteiger partial charge in [0.05, 0.1) is 17.7 Å². The van der Waals surface area contributed by atoms with Gasteiger partial charge >= 0.3 is 5.69 Å². The van der Waals surface area contributed by atoms with Gasteiger partial charge in [0.25, 0.3) is 0 Å². The smallest absolute Gasteiger partial charge is 0.353 e. The number of benzene rings is 2. The summed E-state index contributed by atoms with van der Waals surface area (Å²) in [6.07, 6.45) is 0. The normalized spacial score (nSPS) is 10.3. The maximum atomic E-state index is 13.8. The molecule has 9 nitrogen and oxygen atoms in total. The number of nitrogens with one attached hydrogen (secondary N) is 2. The van der Waals surface area contributed by atoms with Crippen LogP contribution in [0, 0.1) is 15.9 Å². The number of ether oxygens (including phenoxy) is 1. The van der Waals surface area contributed by atoms with Gasteiger partial charge in [0.1, 0.15) is 11.6 Å². The molecule has 1 aromatic heterocycles. The molecule has 0 spiro atoms. The highest BCUT2D eigenvalue weighted by atomic mass is 19.1. The Morgan fingerprint density at radius 1 is 1.11 bits per heavy atom. The molecule has 0 atom stereocenters. The minimum absolute atomic E-state index is 0.0841. The summed E-state index contributed by atoms with van der Waals surface area (Å²) in [5, 5.41) is 16.9. The average molecular weight is 370 g/mol. The molecular formula is C17H15FN6O3. The van der Waals surface area contributed by atoms with E-state index in [9.17, 15) is 14.5 Å². The topological polar surface area (TPSA) is 128 Å². The first-order valence-corrected chi connectivity index (χ1v) is 7.72. The van der Waals surface area contributed by atoms with Crippen molar-refractivity contribution in [2.45, 2.75) is 0 Å². The minimum atomic E-state index is -0.686. The van der Waals surface area contributed by atoms with Crippen molar-refractivity contribution in [3.8, 4) is 5.75 Å². The van der Waals surface area contributed by atoms with E-state index in [1.807, 2.05) is 0 Å². The van der Waals surface area contributed by atoms with Gasteiger partial charge in [0.2, 0.25) is 17.6 Å². The van der Waals surface area contributed by atoms with E-state index in [1.165, 1.54) is 25.3 Å². The minimum Gasteiger partial charge on any atom is -0.497 e. The van der Waals surface area contributed by atoms with Gasteiger partial charge in [-0.05, 0) is 36.4 Å². The van der Waals surface area contributed by atoms with Crippen LogP contribution in [0.3, 0.4) is 0 Å². The first kappa shape index (κ1) is 17.9. The summed E-state index contributed by atoms with van der Waals surface area (Å²) in [5.74, 6) is -0.470. The maximum Gasteiger partial charge on any atom is 0.353 e. The van der Waals surface area contributed by atoms with Crippen molar-refractivity contribution < 1.29 is 14.1 Å². The molecule has 27 heavy (non-hydrogen) atoms. The van der Waals surface area contributed by atoms with Gasteiger partial charge in [0.15, 0.2) is 0 Å². The fourth-order valence-corrected chi connectivity index (χ4v) is 2.29. The van der Waals surface area contributed by atoms with Crippen LogP contribution in [0.25, 0.3) is 0 Å². The summed E-state index contributed by atoms with van der Waals surface area (Å²) in [6, 6.07) is 12.6. The summed E-state index contributed by atoms with van der Waals surface area (Å²) >= 11 is 0. The molecule has 0 fully saturated rings. The number of hydrogen-bond donors (Lipinski definition) is 3. The molecule has 0 aliphatic carbocycles. The lowest BCUT2D eigenvalue weighted by Crippen LogP contribution is -2.09. The molecule has 0 bridgehead atoms. The highest BCUT2D eigenvalue weighted by Crippen LogP contribution is 2.32. The molecule has 3 rings (SSSR count). The molecule has 138 valence electrons. The number of hydrogen-bond acceptors (Lipinski definition) is 8. The number of halogens is 1. The monoisotopic (exact) mass is 370 g/mol. The van der Waals surface area contributed by atoms with Gasteiger partial charge in [-0.3, -0.25) is 10.1 Å². The number of nitrogens with zero attached hydrogens (tertiary/aromatic N) is 3. The van der Waals surface area contributed by atoms with Crippen molar-refractivity contribution in [1.82, 2.24) is 9.97 Å². The maximum absolute atomic E-state index is 13.8. The Morgan fingerprint density at radius 2 is 1.81 bits per heavy atom. The van der Waals surface area contributed by atoms with Crippen molar-refractivity contribution in [3.05, 3.63) is 64.5 Å². The van der Waals surface area contributed by atoms with Crippen molar-refractivity contribution in [1.29, 1.82) is 0 Å². The van der Waals surface area contributed by atoms with Gasteiger partial charge < -0.3 is 21.1 Å². The Balaban J connectivity index is 1.98. The Morgan fingerprint density at radius 3 is 2.44 bits per heavy atom. The first-order valence-electron chi connectivity index (χ1n) is 7.72. The highest BCUT2D eigenvalue weighted by molar-refractivity contribution is 5.75. The largest absolute Gasteiger partial charge is 0.497 e. The molecule has 0 aliphatic heterocycles. The second kappa shape index (κ2) is 7.52. The first-order chi connectivity index (χ1) is 13.0. The standard InChI is InChI=1S/C17H15FN6O3/c1-27-11-8-6-10(7-9-11)20-16-14(24(25)26)15(19)22-17(23-16)21-13-5-3-2-4-12(13)18/h2-9H,1H3,(H4,19,20,21,22,23). The third kappa shape index (κ3) is 4.00. The summed E-state index contributed by atoms with van der Waals surface area (Å²) in [4.78, 5) is 18.6. The van der Waals surface area contributed by atoms with Crippen molar-refractivity contribution in [2.24, 2.45) is 0 Å². The van der Waals surface area contributed by atoms with Crippen molar-refractivity contribution in [2.75, 3.05) is 23.5 Å². The molecule has 2 aromatic carbocycles. The fraction of sp³-hybridized carbons (Fsp3) is 0.0588. The summed E-state index contributed by atoms with van der Waals surface area (Å²) < 4.78 is 18.9. The van der Waals surface area contributed by atoms with Gasteiger partial charge in [-0.15, -0.1) is 0 Å². The molecule has 3 aromatic rings. The quantitative estimate of drug-likeness (QED) is 0.443. The Labute approximate surface area is 153 Å². The van der Waals surface area contributed by atoms with Gasteiger partial charge in [-0.1, -0.05) is 12.1 Å². The zero-order valence-electron chi connectivity index (χ0n) is 14.1. The molecule has 0 radical (unpaired) electrons.